The molecule has 2 amide bonds. The molecule has 0 bridgehead atoms. The van der Waals surface area contributed by atoms with Gasteiger partial charge in [0.1, 0.15) is 0 Å². The van der Waals surface area contributed by atoms with Crippen LogP contribution in [0.1, 0.15) is 27.7 Å². The number of rotatable bonds is 11. The lowest BCUT2D eigenvalue weighted by atomic mass is 9.99. The molecule has 4 aromatic rings. The van der Waals surface area contributed by atoms with Gasteiger partial charge in [-0.05, 0) is 22.9 Å². The van der Waals surface area contributed by atoms with Crippen LogP contribution in [-0.2, 0) is 47.7 Å². The first-order valence-corrected chi connectivity index (χ1v) is 14.2. The van der Waals surface area contributed by atoms with E-state index in [1.54, 1.807) is 48.5 Å². The lowest BCUT2D eigenvalue weighted by molar-refractivity contribution is -0.198. The summed E-state index contributed by atoms with van der Waals surface area (Å²) in [5.41, 5.74) is 0.659. The smallest absolute Gasteiger partial charge is 0.303 e. The van der Waals surface area contributed by atoms with Crippen LogP contribution < -0.4 is 10.6 Å². The Hall–Kier alpha value is -5.78. The number of anilines is 2. The minimum Gasteiger partial charge on any atom is -0.454 e. The van der Waals surface area contributed by atoms with Gasteiger partial charge < -0.3 is 29.6 Å². The first-order chi connectivity index (χ1) is 21.9. The van der Waals surface area contributed by atoms with E-state index in [1.807, 2.05) is 36.4 Å². The lowest BCUT2D eigenvalue weighted by Crippen LogP contribution is -2.57. The van der Waals surface area contributed by atoms with Gasteiger partial charge in [-0.15, -0.1) is 0 Å². The highest BCUT2D eigenvalue weighted by molar-refractivity contribution is 6.06. The predicted octanol–water partition coefficient (Wildman–Crippen LogP) is 4.30. The summed E-state index contributed by atoms with van der Waals surface area (Å²) >= 11 is 0. The second-order valence-electron chi connectivity index (χ2n) is 10.2. The highest BCUT2D eigenvalue weighted by atomic mass is 16.6. The van der Waals surface area contributed by atoms with Gasteiger partial charge in [0, 0.05) is 49.8 Å². The number of nitrogens with one attached hydrogen (secondary N) is 2. The molecule has 2 N–H and O–H groups in total. The molecule has 0 radical (unpaired) electrons. The molecule has 0 saturated heterocycles. The van der Waals surface area contributed by atoms with Crippen LogP contribution in [0.15, 0.2) is 84.9 Å². The minimum atomic E-state index is -1.98. The Kier molecular flexibility index (Phi) is 10.7. The molecule has 12 nitrogen and oxygen atoms in total. The molecule has 0 unspecified atom stereocenters. The topological polar surface area (TPSA) is 163 Å². The number of ether oxygens (including phenoxy) is 4. The zero-order valence-corrected chi connectivity index (χ0v) is 25.5. The molecule has 0 heterocycles. The Morgan fingerprint density at radius 2 is 0.783 bits per heavy atom. The molecule has 46 heavy (non-hydrogen) atoms. The standard InChI is InChI=1S/C34H32N2O10/c1-19(37)43-29(31(45-21(3)39)33(41)35-27-17-9-13-23-11-5-7-15-25(23)27)30(44-20(2)38)32(46-22(4)40)34(42)36-28-18-10-14-24-12-6-8-16-26(24)28/h5-18,29-32H,1-4H3,(H,35,41)(H,36,42)/t29-,30-,31-,32-/m0/s1. The van der Waals surface area contributed by atoms with Crippen LogP contribution in [-0.4, -0.2) is 60.1 Å². The van der Waals surface area contributed by atoms with E-state index in [2.05, 4.69) is 10.6 Å². The van der Waals surface area contributed by atoms with Crippen LogP contribution in [0.5, 0.6) is 0 Å². The molecule has 0 saturated carbocycles. The van der Waals surface area contributed by atoms with Gasteiger partial charge >= 0.3 is 23.9 Å². The number of hydrogen-bond donors (Lipinski definition) is 2. The van der Waals surface area contributed by atoms with Crippen LogP contribution in [0.3, 0.4) is 0 Å². The molecule has 4 atom stereocenters. The molecule has 4 aromatic carbocycles. The highest BCUT2D eigenvalue weighted by Gasteiger charge is 2.49. The molecule has 4 rings (SSSR count). The van der Waals surface area contributed by atoms with Gasteiger partial charge in [0.15, 0.2) is 12.2 Å². The Morgan fingerprint density at radius 1 is 0.457 bits per heavy atom. The van der Waals surface area contributed by atoms with E-state index in [9.17, 15) is 28.8 Å². The maximum absolute atomic E-state index is 13.8. The fourth-order valence-corrected chi connectivity index (χ4v) is 4.96. The number of fused-ring (bicyclic) bond motifs is 2. The highest BCUT2D eigenvalue weighted by Crippen LogP contribution is 2.27. The van der Waals surface area contributed by atoms with E-state index in [0.717, 1.165) is 38.5 Å². The summed E-state index contributed by atoms with van der Waals surface area (Å²) in [5.74, 6) is -5.83. The molecule has 0 aliphatic rings. The third kappa shape index (κ3) is 8.23. The van der Waals surface area contributed by atoms with E-state index in [4.69, 9.17) is 18.9 Å². The predicted molar refractivity (Wildman–Crippen MR) is 167 cm³/mol. The van der Waals surface area contributed by atoms with Gasteiger partial charge in [-0.3, -0.25) is 28.8 Å². The van der Waals surface area contributed by atoms with Crippen molar-refractivity contribution in [1.82, 2.24) is 0 Å². The summed E-state index contributed by atoms with van der Waals surface area (Å²) in [6.07, 6.45) is -7.87. The monoisotopic (exact) mass is 628 g/mol. The summed E-state index contributed by atoms with van der Waals surface area (Å²) in [5, 5.41) is 8.20. The SMILES string of the molecule is CC(=O)O[C@@H]([C@H](OC(C)=O)[C@H](OC(C)=O)C(=O)Nc1cccc2ccccc12)[C@H](OC(C)=O)C(=O)Nc1cccc2ccccc12. The normalized spacial score (nSPS) is 13.4. The van der Waals surface area contributed by atoms with Gasteiger partial charge in [-0.1, -0.05) is 72.8 Å². The average Bonchev–Trinajstić information content (AvgIpc) is 3.00. The second-order valence-corrected chi connectivity index (χ2v) is 10.2. The molecule has 0 aliphatic heterocycles. The Bertz CT molecular complexity index is 1660. The van der Waals surface area contributed by atoms with Crippen molar-refractivity contribution in [2.24, 2.45) is 0 Å². The third-order valence-electron chi connectivity index (χ3n) is 6.72. The molecule has 12 heteroatoms. The van der Waals surface area contributed by atoms with Crippen molar-refractivity contribution < 1.29 is 47.7 Å². The Balaban J connectivity index is 1.78. The number of carbonyl (C=O) groups excluding carboxylic acids is 6. The minimum absolute atomic E-state index is 0.330. The average molecular weight is 629 g/mol. The number of hydrogen-bond acceptors (Lipinski definition) is 10. The largest absolute Gasteiger partial charge is 0.454 e. The molecular formula is C34H32N2O10. The quantitative estimate of drug-likeness (QED) is 0.181. The summed E-state index contributed by atoms with van der Waals surface area (Å²) in [6, 6.07) is 24.6. The van der Waals surface area contributed by atoms with Gasteiger partial charge in [-0.2, -0.15) is 0 Å². The first kappa shape index (κ1) is 33.1. The van der Waals surface area contributed by atoms with Crippen LogP contribution in [0.2, 0.25) is 0 Å². The molecule has 238 valence electrons. The van der Waals surface area contributed by atoms with E-state index in [1.165, 1.54) is 0 Å². The van der Waals surface area contributed by atoms with E-state index < -0.39 is 60.1 Å². The van der Waals surface area contributed by atoms with Crippen molar-refractivity contribution in [2.45, 2.75) is 52.1 Å². The third-order valence-corrected chi connectivity index (χ3v) is 6.72. The number of esters is 4. The lowest BCUT2D eigenvalue weighted by Gasteiger charge is -2.34. The van der Waals surface area contributed by atoms with Gasteiger partial charge in [0.05, 0.1) is 0 Å². The van der Waals surface area contributed by atoms with Crippen molar-refractivity contribution in [3.63, 3.8) is 0 Å². The van der Waals surface area contributed by atoms with Crippen LogP contribution in [0.25, 0.3) is 21.5 Å². The van der Waals surface area contributed by atoms with Crippen LogP contribution in [0, 0.1) is 0 Å². The summed E-state index contributed by atoms with van der Waals surface area (Å²) < 4.78 is 21.5. The van der Waals surface area contributed by atoms with Gasteiger partial charge in [0.25, 0.3) is 11.8 Å². The molecule has 0 fully saturated rings. The Labute approximate surface area is 263 Å². The van der Waals surface area contributed by atoms with Crippen molar-refractivity contribution in [3.8, 4) is 0 Å². The van der Waals surface area contributed by atoms with Crippen molar-refractivity contribution >= 4 is 68.6 Å². The van der Waals surface area contributed by atoms with Gasteiger partial charge in [0.2, 0.25) is 12.2 Å². The van der Waals surface area contributed by atoms with Crippen molar-refractivity contribution in [3.05, 3.63) is 84.9 Å². The van der Waals surface area contributed by atoms with Gasteiger partial charge in [-0.25, -0.2) is 0 Å². The first-order valence-electron chi connectivity index (χ1n) is 14.2. The van der Waals surface area contributed by atoms with Crippen molar-refractivity contribution in [2.75, 3.05) is 10.6 Å². The summed E-state index contributed by atoms with van der Waals surface area (Å²) in [6.45, 7) is 4.03. The van der Waals surface area contributed by atoms with Crippen LogP contribution in [0.4, 0.5) is 11.4 Å². The summed E-state index contributed by atoms with van der Waals surface area (Å²) in [7, 11) is 0. The maximum atomic E-state index is 13.8. The molecular weight excluding hydrogens is 596 g/mol. The number of amides is 2. The fraction of sp³-hybridized carbons (Fsp3) is 0.235. The van der Waals surface area contributed by atoms with Crippen LogP contribution >= 0.6 is 0 Å². The second kappa shape index (κ2) is 14.8. The Morgan fingerprint density at radius 3 is 1.13 bits per heavy atom. The zero-order valence-electron chi connectivity index (χ0n) is 25.5. The van der Waals surface area contributed by atoms with E-state index in [0.29, 0.717) is 22.1 Å². The molecule has 0 aliphatic carbocycles. The zero-order chi connectivity index (χ0) is 33.4. The maximum Gasteiger partial charge on any atom is 0.303 e. The molecule has 0 aromatic heterocycles. The van der Waals surface area contributed by atoms with E-state index >= 15 is 0 Å². The number of benzene rings is 4. The van der Waals surface area contributed by atoms with Crippen molar-refractivity contribution in [1.29, 1.82) is 0 Å². The summed E-state index contributed by atoms with van der Waals surface area (Å²) in [4.78, 5) is 77.0. The molecule has 0 spiro atoms. The fourth-order valence-electron chi connectivity index (χ4n) is 4.96. The number of carbonyl (C=O) groups is 6. The van der Waals surface area contributed by atoms with E-state index in [-0.39, 0.29) is 0 Å².